The molecule has 1 aromatic carbocycles. The molecule has 2 N–H and O–H groups in total. The summed E-state index contributed by atoms with van der Waals surface area (Å²) in [7, 11) is 0. The Morgan fingerprint density at radius 1 is 1.29 bits per heavy atom. The number of pyridine rings is 1. The summed E-state index contributed by atoms with van der Waals surface area (Å²) in [6.45, 7) is 0.743. The molecule has 2 atom stereocenters. The molecule has 2 fully saturated rings. The summed E-state index contributed by atoms with van der Waals surface area (Å²) in [6.07, 6.45) is 3.11. The zero-order valence-corrected chi connectivity index (χ0v) is 15.7. The van der Waals surface area contributed by atoms with E-state index in [4.69, 9.17) is 9.47 Å². The first-order valence-electron chi connectivity index (χ1n) is 8.45. The summed E-state index contributed by atoms with van der Waals surface area (Å²) in [4.78, 5) is 29.1. The monoisotopic (exact) mass is 406 g/mol. The van der Waals surface area contributed by atoms with Crippen LogP contribution in [0, 0.1) is 5.82 Å². The number of halogens is 1. The first-order chi connectivity index (χ1) is 13.1. The third-order valence-corrected chi connectivity index (χ3v) is 4.36. The Labute approximate surface area is 167 Å². The average Bonchev–Trinajstić information content (AvgIpc) is 3.16. The largest absolute Gasteiger partial charge is 0.488 e. The fraction of sp³-hybridized carbons (Fsp3) is 0.278. The van der Waals surface area contributed by atoms with E-state index in [1.54, 1.807) is 23.2 Å². The molecule has 0 aliphatic carbocycles. The van der Waals surface area contributed by atoms with Crippen molar-refractivity contribution in [2.45, 2.75) is 18.6 Å². The number of carbonyl (C=O) groups excluding carboxylic acids is 2. The molecule has 148 valence electrons. The van der Waals surface area contributed by atoms with Gasteiger partial charge in [0, 0.05) is 30.4 Å². The predicted molar refractivity (Wildman–Crippen MR) is 105 cm³/mol. The number of nitrogens with zero attached hydrogens (tertiary/aromatic N) is 2. The van der Waals surface area contributed by atoms with Gasteiger partial charge in [0.05, 0.1) is 24.5 Å². The van der Waals surface area contributed by atoms with E-state index in [9.17, 15) is 14.0 Å². The molecule has 4 rings (SSSR count). The summed E-state index contributed by atoms with van der Waals surface area (Å²) in [5.74, 6) is -0.256. The number of ether oxygens (including phenoxy) is 2. The van der Waals surface area contributed by atoms with E-state index < -0.39 is 11.8 Å². The number of cyclic esters (lactones) is 1. The number of aromatic nitrogens is 1. The Balaban J connectivity index is 0.00000225. The van der Waals surface area contributed by atoms with E-state index in [2.05, 4.69) is 15.6 Å². The lowest BCUT2D eigenvalue weighted by Crippen LogP contribution is -2.29. The molecule has 0 unspecified atom stereocenters. The number of hydrogen-bond donors (Lipinski definition) is 2. The van der Waals surface area contributed by atoms with Crippen molar-refractivity contribution in [2.24, 2.45) is 0 Å². The maximum absolute atomic E-state index is 13.9. The molecule has 2 aliphatic heterocycles. The Hall–Kier alpha value is -3.01. The summed E-state index contributed by atoms with van der Waals surface area (Å²) in [5.41, 5.74) is 0.769. The van der Waals surface area contributed by atoms with Gasteiger partial charge in [0.2, 0.25) is 0 Å². The smallest absolute Gasteiger partial charge is 0.410 e. The van der Waals surface area contributed by atoms with Crippen LogP contribution in [-0.4, -0.2) is 47.3 Å². The van der Waals surface area contributed by atoms with Crippen molar-refractivity contribution >= 4 is 37.0 Å². The van der Waals surface area contributed by atoms with Gasteiger partial charge in [-0.05, 0) is 18.2 Å². The van der Waals surface area contributed by atoms with Crippen LogP contribution in [0.3, 0.4) is 0 Å². The van der Waals surface area contributed by atoms with E-state index in [0.717, 1.165) is 0 Å². The number of nitrogens with one attached hydrogen (secondary N) is 2. The van der Waals surface area contributed by atoms with Crippen LogP contribution in [0.4, 0.5) is 25.4 Å². The lowest BCUT2D eigenvalue weighted by molar-refractivity contribution is 0.143. The number of amides is 3. The highest BCUT2D eigenvalue weighted by molar-refractivity contribution is 7.59. The number of fused-ring (bicyclic) bond motifs is 1. The van der Waals surface area contributed by atoms with Gasteiger partial charge in [-0.25, -0.2) is 14.0 Å². The van der Waals surface area contributed by atoms with E-state index in [0.29, 0.717) is 25.3 Å². The average molecular weight is 406 g/mol. The van der Waals surface area contributed by atoms with Crippen molar-refractivity contribution in [2.75, 3.05) is 23.8 Å². The van der Waals surface area contributed by atoms with Crippen LogP contribution in [0.5, 0.6) is 5.75 Å². The normalized spacial score (nSPS) is 20.0. The molecule has 1 aromatic heterocycles. The van der Waals surface area contributed by atoms with Gasteiger partial charge in [-0.1, -0.05) is 0 Å². The number of hydrogen-bond acceptors (Lipinski definition) is 5. The van der Waals surface area contributed by atoms with Gasteiger partial charge in [0.15, 0.2) is 0 Å². The third kappa shape index (κ3) is 4.45. The van der Waals surface area contributed by atoms with Gasteiger partial charge in [0.1, 0.15) is 24.3 Å². The molecule has 3 heterocycles. The fourth-order valence-corrected chi connectivity index (χ4v) is 3.22. The quantitative estimate of drug-likeness (QED) is 0.814. The lowest BCUT2D eigenvalue weighted by Gasteiger charge is -2.16. The summed E-state index contributed by atoms with van der Waals surface area (Å²) < 4.78 is 24.7. The van der Waals surface area contributed by atoms with Crippen LogP contribution in [0.2, 0.25) is 0 Å². The molecule has 8 nitrogen and oxygen atoms in total. The van der Waals surface area contributed by atoms with Crippen LogP contribution < -0.4 is 15.4 Å². The maximum atomic E-state index is 13.9. The van der Waals surface area contributed by atoms with E-state index in [1.807, 2.05) is 0 Å². The highest BCUT2D eigenvalue weighted by Gasteiger charge is 2.42. The molecule has 28 heavy (non-hydrogen) atoms. The summed E-state index contributed by atoms with van der Waals surface area (Å²) in [5, 5.41) is 5.16. The highest BCUT2D eigenvalue weighted by atomic mass is 32.1. The molecule has 0 saturated carbocycles. The number of rotatable bonds is 4. The number of urea groups is 1. The lowest BCUT2D eigenvalue weighted by atomic mass is 10.2. The van der Waals surface area contributed by atoms with Gasteiger partial charge < -0.3 is 20.1 Å². The van der Waals surface area contributed by atoms with Crippen LogP contribution in [-0.2, 0) is 4.74 Å². The van der Waals surface area contributed by atoms with E-state index in [1.165, 1.54) is 24.4 Å². The zero-order chi connectivity index (χ0) is 18.8. The molecule has 0 spiro atoms. The van der Waals surface area contributed by atoms with Crippen molar-refractivity contribution in [3.63, 3.8) is 0 Å². The van der Waals surface area contributed by atoms with Crippen LogP contribution >= 0.6 is 13.5 Å². The second-order valence-electron chi connectivity index (χ2n) is 6.36. The molecule has 2 aliphatic rings. The third-order valence-electron chi connectivity index (χ3n) is 4.36. The Morgan fingerprint density at radius 2 is 2.11 bits per heavy atom. The fourth-order valence-electron chi connectivity index (χ4n) is 3.22. The molecular formula is C18H19FN4O4S. The highest BCUT2D eigenvalue weighted by Crippen LogP contribution is 2.29. The minimum absolute atomic E-state index is 0. The first kappa shape index (κ1) is 19.7. The van der Waals surface area contributed by atoms with Crippen LogP contribution in [0.25, 0.3) is 0 Å². The molecule has 2 saturated heterocycles. The van der Waals surface area contributed by atoms with Crippen molar-refractivity contribution in [3.05, 3.63) is 48.5 Å². The predicted octanol–water partition coefficient (Wildman–Crippen LogP) is 2.95. The molecule has 2 aromatic rings. The summed E-state index contributed by atoms with van der Waals surface area (Å²) in [6, 6.07) is 6.82. The minimum Gasteiger partial charge on any atom is -0.488 e. The van der Waals surface area contributed by atoms with Gasteiger partial charge in [-0.3, -0.25) is 9.88 Å². The van der Waals surface area contributed by atoms with Crippen molar-refractivity contribution in [1.29, 1.82) is 0 Å². The van der Waals surface area contributed by atoms with E-state index >= 15 is 0 Å². The van der Waals surface area contributed by atoms with Crippen LogP contribution in [0.15, 0.2) is 42.7 Å². The molecule has 3 amide bonds. The van der Waals surface area contributed by atoms with Crippen molar-refractivity contribution < 1.29 is 23.5 Å². The van der Waals surface area contributed by atoms with Gasteiger partial charge in [-0.15, -0.1) is 0 Å². The zero-order valence-electron chi connectivity index (χ0n) is 14.7. The molecule has 10 heteroatoms. The Bertz CT molecular complexity index is 870. The number of carbonyl (C=O) groups is 2. The van der Waals surface area contributed by atoms with Gasteiger partial charge >= 0.3 is 12.1 Å². The number of anilines is 2. The Morgan fingerprint density at radius 3 is 2.86 bits per heavy atom. The van der Waals surface area contributed by atoms with Crippen molar-refractivity contribution in [1.82, 2.24) is 9.88 Å². The maximum Gasteiger partial charge on any atom is 0.410 e. The topological polar surface area (TPSA) is 92.8 Å². The SMILES string of the molecule is O=C(Nc1cccnc1)Nc1cc(F)cc(O[C@@H]2C[C@H]3COC(=O)N3C2)c1.S. The molecular weight excluding hydrogens is 387 g/mol. The second kappa shape index (κ2) is 8.34. The Kier molecular flexibility index (Phi) is 5.88. The summed E-state index contributed by atoms with van der Waals surface area (Å²) >= 11 is 0. The second-order valence-corrected chi connectivity index (χ2v) is 6.36. The molecule has 0 radical (unpaired) electrons. The van der Waals surface area contributed by atoms with Crippen LogP contribution in [0.1, 0.15) is 6.42 Å². The molecule has 0 bridgehead atoms. The van der Waals surface area contributed by atoms with Gasteiger partial charge in [0.25, 0.3) is 0 Å². The first-order valence-corrected chi connectivity index (χ1v) is 8.45. The standard InChI is InChI=1S/C18H17FN4O4.H2S/c19-11-4-13(22-17(24)21-12-2-1-3-20-8-12)6-15(5-11)27-16-7-14-10-26-18(25)23(14)9-16;/h1-6,8,14,16H,7,9-10H2,(H2,21,22,24);1H2/t14-,16+;/m0./s1. The number of benzene rings is 1. The van der Waals surface area contributed by atoms with Crippen molar-refractivity contribution in [3.8, 4) is 5.75 Å². The van der Waals surface area contributed by atoms with E-state index in [-0.39, 0.29) is 43.2 Å². The van der Waals surface area contributed by atoms with Gasteiger partial charge in [-0.2, -0.15) is 13.5 Å². The minimum atomic E-state index is -0.540.